The van der Waals surface area contributed by atoms with E-state index >= 15 is 0 Å². The summed E-state index contributed by atoms with van der Waals surface area (Å²) in [7, 11) is 0. The summed E-state index contributed by atoms with van der Waals surface area (Å²) in [5.74, 6) is 0.0961. The Morgan fingerprint density at radius 1 is 1.00 bits per heavy atom. The molecular formula is C13H28N2O4. The molecule has 0 fully saturated rings. The molecule has 0 heterocycles. The Hall–Kier alpha value is -0.690. The minimum atomic E-state index is 0.0961. The second-order valence-corrected chi connectivity index (χ2v) is 4.08. The summed E-state index contributed by atoms with van der Waals surface area (Å²) >= 11 is 0. The number of carbonyl (C=O) groups is 1. The van der Waals surface area contributed by atoms with Gasteiger partial charge in [0.25, 0.3) is 0 Å². The van der Waals surface area contributed by atoms with E-state index in [1.165, 1.54) is 0 Å². The van der Waals surface area contributed by atoms with E-state index in [2.05, 4.69) is 12.2 Å². The van der Waals surface area contributed by atoms with Gasteiger partial charge in [0.05, 0.1) is 39.6 Å². The molecule has 0 saturated heterocycles. The minimum absolute atomic E-state index is 0.0961. The van der Waals surface area contributed by atoms with Gasteiger partial charge in [-0.2, -0.15) is 0 Å². The van der Waals surface area contributed by atoms with Crippen LogP contribution in [0.5, 0.6) is 0 Å². The van der Waals surface area contributed by atoms with Gasteiger partial charge in [-0.05, 0) is 6.42 Å². The van der Waals surface area contributed by atoms with Crippen molar-refractivity contribution in [1.29, 1.82) is 0 Å². The summed E-state index contributed by atoms with van der Waals surface area (Å²) in [6.45, 7) is 6.43. The Bertz CT molecular complexity index is 203. The molecule has 0 aromatic heterocycles. The van der Waals surface area contributed by atoms with E-state index in [4.69, 9.17) is 19.9 Å². The minimum Gasteiger partial charge on any atom is -0.378 e. The van der Waals surface area contributed by atoms with Crippen LogP contribution in [-0.2, 0) is 19.0 Å². The molecule has 0 rings (SSSR count). The maximum atomic E-state index is 11.2. The first-order chi connectivity index (χ1) is 9.31. The highest BCUT2D eigenvalue weighted by Crippen LogP contribution is 1.92. The van der Waals surface area contributed by atoms with Crippen LogP contribution in [0.1, 0.15) is 26.2 Å². The quantitative estimate of drug-likeness (QED) is 0.446. The predicted octanol–water partition coefficient (Wildman–Crippen LogP) is 0.301. The van der Waals surface area contributed by atoms with Gasteiger partial charge in [0.15, 0.2) is 0 Å². The SMILES string of the molecule is CCCCC(=O)NCCOCCOCCOCCN. The molecule has 0 aliphatic carbocycles. The average molecular weight is 276 g/mol. The topological polar surface area (TPSA) is 82.8 Å². The van der Waals surface area contributed by atoms with Gasteiger partial charge in [0.2, 0.25) is 5.91 Å². The van der Waals surface area contributed by atoms with Gasteiger partial charge in [0, 0.05) is 19.5 Å². The third-order valence-corrected chi connectivity index (χ3v) is 2.33. The number of nitrogens with one attached hydrogen (secondary N) is 1. The summed E-state index contributed by atoms with van der Waals surface area (Å²) in [5.41, 5.74) is 5.27. The van der Waals surface area contributed by atoms with Crippen molar-refractivity contribution in [2.24, 2.45) is 5.73 Å². The number of ether oxygens (including phenoxy) is 3. The van der Waals surface area contributed by atoms with E-state index in [1.54, 1.807) is 0 Å². The number of amides is 1. The van der Waals surface area contributed by atoms with Gasteiger partial charge in [-0.1, -0.05) is 13.3 Å². The molecule has 0 saturated carbocycles. The maximum Gasteiger partial charge on any atom is 0.220 e. The van der Waals surface area contributed by atoms with Crippen molar-refractivity contribution in [3.05, 3.63) is 0 Å². The first-order valence-electron chi connectivity index (χ1n) is 7.01. The Morgan fingerprint density at radius 2 is 1.58 bits per heavy atom. The lowest BCUT2D eigenvalue weighted by atomic mass is 10.2. The lowest BCUT2D eigenvalue weighted by Crippen LogP contribution is -2.27. The Balaban J connectivity index is 3.04. The van der Waals surface area contributed by atoms with E-state index in [-0.39, 0.29) is 5.91 Å². The van der Waals surface area contributed by atoms with E-state index in [0.717, 1.165) is 12.8 Å². The predicted molar refractivity (Wildman–Crippen MR) is 74.0 cm³/mol. The maximum absolute atomic E-state index is 11.2. The van der Waals surface area contributed by atoms with Crippen LogP contribution in [0.2, 0.25) is 0 Å². The van der Waals surface area contributed by atoms with Crippen LogP contribution in [-0.4, -0.2) is 58.6 Å². The Labute approximate surface area is 116 Å². The lowest BCUT2D eigenvalue weighted by molar-refractivity contribution is -0.121. The third-order valence-electron chi connectivity index (χ3n) is 2.33. The molecule has 6 nitrogen and oxygen atoms in total. The molecule has 0 aliphatic rings. The van der Waals surface area contributed by atoms with Crippen molar-refractivity contribution in [2.75, 3.05) is 52.7 Å². The first kappa shape index (κ1) is 18.3. The summed E-state index contributed by atoms with van der Waals surface area (Å²) in [4.78, 5) is 11.2. The number of hydrogen-bond acceptors (Lipinski definition) is 5. The highest BCUT2D eigenvalue weighted by atomic mass is 16.5. The first-order valence-corrected chi connectivity index (χ1v) is 7.01. The molecule has 0 spiro atoms. The van der Waals surface area contributed by atoms with Gasteiger partial charge in [-0.15, -0.1) is 0 Å². The van der Waals surface area contributed by atoms with Crippen LogP contribution in [0.25, 0.3) is 0 Å². The number of unbranched alkanes of at least 4 members (excludes halogenated alkanes) is 1. The molecule has 0 radical (unpaired) electrons. The number of rotatable bonds is 14. The van der Waals surface area contributed by atoms with Gasteiger partial charge < -0.3 is 25.3 Å². The zero-order valence-electron chi connectivity index (χ0n) is 12.0. The molecule has 0 aromatic rings. The molecule has 0 unspecified atom stereocenters. The monoisotopic (exact) mass is 276 g/mol. The van der Waals surface area contributed by atoms with Gasteiger partial charge in [-0.3, -0.25) is 4.79 Å². The molecule has 3 N–H and O–H groups in total. The standard InChI is InChI=1S/C13H28N2O4/c1-2-3-4-13(16)15-6-8-18-10-12-19-11-9-17-7-5-14/h2-12,14H2,1H3,(H,15,16). The highest BCUT2D eigenvalue weighted by Gasteiger charge is 1.98. The van der Waals surface area contributed by atoms with Crippen molar-refractivity contribution in [3.63, 3.8) is 0 Å². The molecule has 6 heteroatoms. The summed E-state index contributed by atoms with van der Waals surface area (Å²) in [5, 5.41) is 2.81. The lowest BCUT2D eigenvalue weighted by Gasteiger charge is -2.07. The normalized spacial score (nSPS) is 10.6. The number of nitrogens with two attached hydrogens (primary N) is 1. The van der Waals surface area contributed by atoms with Crippen molar-refractivity contribution in [1.82, 2.24) is 5.32 Å². The van der Waals surface area contributed by atoms with E-state index in [9.17, 15) is 4.79 Å². The number of carbonyl (C=O) groups excluding carboxylic acids is 1. The van der Waals surface area contributed by atoms with E-state index in [0.29, 0.717) is 59.2 Å². The second-order valence-electron chi connectivity index (χ2n) is 4.08. The van der Waals surface area contributed by atoms with Gasteiger partial charge in [-0.25, -0.2) is 0 Å². The molecule has 0 aliphatic heterocycles. The molecule has 0 atom stereocenters. The smallest absolute Gasteiger partial charge is 0.220 e. The zero-order valence-corrected chi connectivity index (χ0v) is 12.0. The molecule has 1 amide bonds. The van der Waals surface area contributed by atoms with Crippen molar-refractivity contribution < 1.29 is 19.0 Å². The molecule has 114 valence electrons. The Morgan fingerprint density at radius 3 is 2.16 bits per heavy atom. The van der Waals surface area contributed by atoms with Crippen molar-refractivity contribution in [2.45, 2.75) is 26.2 Å². The fraction of sp³-hybridized carbons (Fsp3) is 0.923. The average Bonchev–Trinajstić information content (AvgIpc) is 2.42. The molecule has 19 heavy (non-hydrogen) atoms. The Kier molecular flexibility index (Phi) is 14.8. The van der Waals surface area contributed by atoms with Crippen LogP contribution in [0.4, 0.5) is 0 Å². The van der Waals surface area contributed by atoms with E-state index in [1.807, 2.05) is 0 Å². The summed E-state index contributed by atoms with van der Waals surface area (Å²) < 4.78 is 15.7. The molecular weight excluding hydrogens is 248 g/mol. The summed E-state index contributed by atoms with van der Waals surface area (Å²) in [6, 6.07) is 0. The van der Waals surface area contributed by atoms with Gasteiger partial charge >= 0.3 is 0 Å². The van der Waals surface area contributed by atoms with E-state index < -0.39 is 0 Å². The highest BCUT2D eigenvalue weighted by molar-refractivity contribution is 5.75. The fourth-order valence-electron chi connectivity index (χ4n) is 1.31. The third kappa shape index (κ3) is 15.3. The molecule has 0 bridgehead atoms. The van der Waals surface area contributed by atoms with Crippen LogP contribution < -0.4 is 11.1 Å². The largest absolute Gasteiger partial charge is 0.378 e. The molecule has 0 aromatic carbocycles. The van der Waals surface area contributed by atoms with Gasteiger partial charge in [0.1, 0.15) is 0 Å². The fourth-order valence-corrected chi connectivity index (χ4v) is 1.31. The zero-order chi connectivity index (χ0) is 14.2. The van der Waals surface area contributed by atoms with Crippen molar-refractivity contribution >= 4 is 5.91 Å². The van der Waals surface area contributed by atoms with Crippen LogP contribution >= 0.6 is 0 Å². The van der Waals surface area contributed by atoms with Crippen LogP contribution in [0, 0.1) is 0 Å². The summed E-state index contributed by atoms with van der Waals surface area (Å²) in [6.07, 6.45) is 2.57. The number of hydrogen-bond donors (Lipinski definition) is 2. The van der Waals surface area contributed by atoms with Crippen LogP contribution in [0.15, 0.2) is 0 Å². The second kappa shape index (κ2) is 15.4. The van der Waals surface area contributed by atoms with Crippen LogP contribution in [0.3, 0.4) is 0 Å². The van der Waals surface area contributed by atoms with Crippen molar-refractivity contribution in [3.8, 4) is 0 Å².